The van der Waals surface area contributed by atoms with Gasteiger partial charge in [-0.3, -0.25) is 9.10 Å². The summed E-state index contributed by atoms with van der Waals surface area (Å²) in [6.45, 7) is 3.56. The number of esters is 1. The van der Waals surface area contributed by atoms with Crippen LogP contribution < -0.4 is 9.04 Å². The minimum Gasteiger partial charge on any atom is -0.490 e. The van der Waals surface area contributed by atoms with Crippen LogP contribution >= 0.6 is 0 Å². The number of nitrogens with zero attached hydrogens (tertiary/aromatic N) is 1. The Balaban J connectivity index is 1.92. The van der Waals surface area contributed by atoms with Gasteiger partial charge in [0.15, 0.2) is 0 Å². The number of anilines is 1. The maximum atomic E-state index is 12.1. The van der Waals surface area contributed by atoms with Crippen molar-refractivity contribution in [3.8, 4) is 5.75 Å². The lowest BCUT2D eigenvalue weighted by molar-refractivity contribution is -0.142. The first-order valence-electron chi connectivity index (χ1n) is 8.16. The summed E-state index contributed by atoms with van der Waals surface area (Å²) in [6.07, 6.45) is 1.06. The first-order valence-corrected chi connectivity index (χ1v) is 10.0. The third kappa shape index (κ3) is 5.49. The van der Waals surface area contributed by atoms with E-state index in [1.807, 2.05) is 31.2 Å². The normalized spacial score (nSPS) is 11.0. The Hall–Kier alpha value is -2.54. The van der Waals surface area contributed by atoms with Crippen LogP contribution in [0.1, 0.15) is 11.1 Å². The fraction of sp³-hybridized carbons (Fsp3) is 0.316. The first kappa shape index (κ1) is 19.8. The molecular formula is C19H23NO5S. The molecule has 0 bridgehead atoms. The highest BCUT2D eigenvalue weighted by Gasteiger charge is 2.22. The zero-order chi connectivity index (χ0) is 19.2. The second kappa shape index (κ2) is 8.71. The van der Waals surface area contributed by atoms with Gasteiger partial charge in [-0.05, 0) is 37.1 Å². The number of carbonyl (C=O) groups excluding carboxylic acids is 1. The summed E-state index contributed by atoms with van der Waals surface area (Å²) >= 11 is 0. The number of para-hydroxylation sites is 2. The van der Waals surface area contributed by atoms with E-state index in [-0.39, 0.29) is 19.8 Å². The van der Waals surface area contributed by atoms with E-state index in [9.17, 15) is 13.2 Å². The summed E-state index contributed by atoms with van der Waals surface area (Å²) in [6, 6.07) is 14.5. The summed E-state index contributed by atoms with van der Waals surface area (Å²) in [5.74, 6) is 0.0910. The lowest BCUT2D eigenvalue weighted by Crippen LogP contribution is -2.36. The van der Waals surface area contributed by atoms with Crippen molar-refractivity contribution < 1.29 is 22.7 Å². The number of benzene rings is 2. The van der Waals surface area contributed by atoms with Crippen LogP contribution in [0.5, 0.6) is 5.75 Å². The molecule has 0 saturated carbocycles. The highest BCUT2D eigenvalue weighted by Crippen LogP contribution is 2.22. The monoisotopic (exact) mass is 377 g/mol. The molecule has 6 nitrogen and oxygen atoms in total. The van der Waals surface area contributed by atoms with Gasteiger partial charge in [-0.2, -0.15) is 0 Å². The maximum Gasteiger partial charge on any atom is 0.326 e. The average molecular weight is 377 g/mol. The van der Waals surface area contributed by atoms with Crippen LogP contribution in [0.3, 0.4) is 0 Å². The van der Waals surface area contributed by atoms with Gasteiger partial charge >= 0.3 is 5.97 Å². The van der Waals surface area contributed by atoms with E-state index in [0.29, 0.717) is 5.69 Å². The molecule has 0 aromatic heterocycles. The largest absolute Gasteiger partial charge is 0.490 e. The SMILES string of the molecule is Cc1ccccc1OCCOC(=O)CN(c1ccccc1C)S(C)(=O)=O. The van der Waals surface area contributed by atoms with Crippen LogP contribution in [0.4, 0.5) is 5.69 Å². The topological polar surface area (TPSA) is 72.9 Å². The van der Waals surface area contributed by atoms with Crippen molar-refractivity contribution in [1.82, 2.24) is 0 Å². The van der Waals surface area contributed by atoms with Crippen molar-refractivity contribution in [3.63, 3.8) is 0 Å². The first-order chi connectivity index (χ1) is 12.3. The van der Waals surface area contributed by atoms with Gasteiger partial charge in [-0.15, -0.1) is 0 Å². The number of carbonyl (C=O) groups is 1. The molecule has 26 heavy (non-hydrogen) atoms. The fourth-order valence-electron chi connectivity index (χ4n) is 2.41. The Kier molecular flexibility index (Phi) is 6.63. The maximum absolute atomic E-state index is 12.1. The van der Waals surface area contributed by atoms with Crippen molar-refractivity contribution in [1.29, 1.82) is 0 Å². The Morgan fingerprint density at radius 1 is 0.962 bits per heavy atom. The van der Waals surface area contributed by atoms with E-state index < -0.39 is 16.0 Å². The van der Waals surface area contributed by atoms with Crippen molar-refractivity contribution in [2.75, 3.05) is 30.3 Å². The Labute approximate surface area is 154 Å². The molecule has 0 fully saturated rings. The number of rotatable bonds is 8. The van der Waals surface area contributed by atoms with Gasteiger partial charge in [0.05, 0.1) is 11.9 Å². The molecule has 140 valence electrons. The minimum absolute atomic E-state index is 0.0402. The van der Waals surface area contributed by atoms with Gasteiger partial charge in [0.1, 0.15) is 25.5 Å². The smallest absolute Gasteiger partial charge is 0.326 e. The van der Waals surface area contributed by atoms with Crippen LogP contribution in [0, 0.1) is 13.8 Å². The second-order valence-corrected chi connectivity index (χ2v) is 7.80. The molecule has 0 unspecified atom stereocenters. The number of ether oxygens (including phenoxy) is 2. The number of hydrogen-bond donors (Lipinski definition) is 0. The van der Waals surface area contributed by atoms with Crippen molar-refractivity contribution in [2.45, 2.75) is 13.8 Å². The van der Waals surface area contributed by atoms with Gasteiger partial charge in [0.2, 0.25) is 10.0 Å². The van der Waals surface area contributed by atoms with Gasteiger partial charge in [0.25, 0.3) is 0 Å². The van der Waals surface area contributed by atoms with Gasteiger partial charge in [-0.1, -0.05) is 36.4 Å². The van der Waals surface area contributed by atoms with E-state index in [4.69, 9.17) is 9.47 Å². The summed E-state index contributed by atoms with van der Waals surface area (Å²) in [5, 5.41) is 0. The predicted molar refractivity (Wildman–Crippen MR) is 101 cm³/mol. The predicted octanol–water partition coefficient (Wildman–Crippen LogP) is 2.69. The van der Waals surface area contributed by atoms with E-state index in [0.717, 1.165) is 27.4 Å². The highest BCUT2D eigenvalue weighted by atomic mass is 32.2. The van der Waals surface area contributed by atoms with E-state index >= 15 is 0 Å². The van der Waals surface area contributed by atoms with Gasteiger partial charge < -0.3 is 9.47 Å². The molecule has 7 heteroatoms. The number of hydrogen-bond acceptors (Lipinski definition) is 5. The van der Waals surface area contributed by atoms with Crippen LogP contribution in [0.25, 0.3) is 0 Å². The molecular weight excluding hydrogens is 354 g/mol. The summed E-state index contributed by atoms with van der Waals surface area (Å²) in [7, 11) is -3.61. The lowest BCUT2D eigenvalue weighted by atomic mass is 10.2. The standard InChI is InChI=1S/C19H23NO5S/c1-15-8-4-6-10-17(15)20(26(3,22)23)14-19(21)25-13-12-24-18-11-7-5-9-16(18)2/h4-11H,12-14H2,1-3H3. The Morgan fingerprint density at radius 3 is 2.19 bits per heavy atom. The van der Waals surface area contributed by atoms with Crippen LogP contribution in [-0.2, 0) is 19.6 Å². The van der Waals surface area contributed by atoms with E-state index in [1.165, 1.54) is 0 Å². The molecule has 0 aliphatic carbocycles. The van der Waals surface area contributed by atoms with E-state index in [2.05, 4.69) is 0 Å². The number of aryl methyl sites for hydroxylation is 2. The molecule has 0 atom stereocenters. The highest BCUT2D eigenvalue weighted by molar-refractivity contribution is 7.92. The molecule has 0 aliphatic heterocycles. The molecule has 0 spiro atoms. The van der Waals surface area contributed by atoms with Gasteiger partial charge in [-0.25, -0.2) is 8.42 Å². The second-order valence-electron chi connectivity index (χ2n) is 5.89. The van der Waals surface area contributed by atoms with Gasteiger partial charge in [0, 0.05) is 0 Å². The van der Waals surface area contributed by atoms with Crippen LogP contribution in [0.2, 0.25) is 0 Å². The summed E-state index contributed by atoms with van der Waals surface area (Å²) in [4.78, 5) is 12.1. The van der Waals surface area contributed by atoms with Crippen LogP contribution in [0.15, 0.2) is 48.5 Å². The quantitative estimate of drug-likeness (QED) is 0.522. The minimum atomic E-state index is -3.61. The molecule has 0 saturated heterocycles. The lowest BCUT2D eigenvalue weighted by Gasteiger charge is -2.23. The molecule has 0 heterocycles. The average Bonchev–Trinajstić information content (AvgIpc) is 2.58. The zero-order valence-electron chi connectivity index (χ0n) is 15.1. The number of sulfonamides is 1. The van der Waals surface area contributed by atoms with Crippen molar-refractivity contribution >= 4 is 21.7 Å². The fourth-order valence-corrected chi connectivity index (χ4v) is 3.31. The Bertz CT molecular complexity index is 864. The Morgan fingerprint density at radius 2 is 1.58 bits per heavy atom. The molecule has 0 radical (unpaired) electrons. The molecule has 0 N–H and O–H groups in total. The molecule has 0 aliphatic rings. The molecule has 0 amide bonds. The molecule has 2 rings (SSSR count). The zero-order valence-corrected chi connectivity index (χ0v) is 16.0. The van der Waals surface area contributed by atoms with Crippen molar-refractivity contribution in [2.24, 2.45) is 0 Å². The van der Waals surface area contributed by atoms with Crippen LogP contribution in [-0.4, -0.2) is 40.4 Å². The summed E-state index contributed by atoms with van der Waals surface area (Å²) < 4.78 is 35.9. The van der Waals surface area contributed by atoms with Crippen molar-refractivity contribution in [3.05, 3.63) is 59.7 Å². The molecule has 2 aromatic rings. The third-order valence-corrected chi connectivity index (χ3v) is 4.88. The summed E-state index contributed by atoms with van der Waals surface area (Å²) in [5.41, 5.74) is 2.21. The van der Waals surface area contributed by atoms with E-state index in [1.54, 1.807) is 31.2 Å². The molecule has 2 aromatic carbocycles. The third-order valence-electron chi connectivity index (χ3n) is 3.75.